The molecule has 0 spiro atoms. The Morgan fingerprint density at radius 1 is 1.31 bits per heavy atom. The van der Waals surface area contributed by atoms with E-state index >= 15 is 0 Å². The van der Waals surface area contributed by atoms with Gasteiger partial charge in [-0.05, 0) is 5.56 Å². The van der Waals surface area contributed by atoms with Gasteiger partial charge >= 0.3 is 6.03 Å². The molecule has 3 amide bonds. The maximum absolute atomic E-state index is 11.5. The third-order valence-electron chi connectivity index (χ3n) is 2.68. The standard InChI is InChI=1S/C12H14N2O2/c1-9-7-14(12(16)13-11(9)15)8-10-5-3-2-4-6-10/h2-6,9H,7-8H2,1H3,(H,13,15,16)/t9-/m1/s1. The summed E-state index contributed by atoms with van der Waals surface area (Å²) >= 11 is 0. The van der Waals surface area contributed by atoms with Gasteiger partial charge in [0.05, 0.1) is 5.92 Å². The molecule has 84 valence electrons. The van der Waals surface area contributed by atoms with Crippen LogP contribution in [0.1, 0.15) is 12.5 Å². The number of imide groups is 1. The van der Waals surface area contributed by atoms with Gasteiger partial charge in [0.15, 0.2) is 0 Å². The molecule has 1 aliphatic heterocycles. The molecule has 0 aliphatic carbocycles. The van der Waals surface area contributed by atoms with Crippen LogP contribution in [-0.4, -0.2) is 23.4 Å². The maximum atomic E-state index is 11.5. The summed E-state index contributed by atoms with van der Waals surface area (Å²) in [5, 5.41) is 2.35. The van der Waals surface area contributed by atoms with E-state index in [-0.39, 0.29) is 17.9 Å². The van der Waals surface area contributed by atoms with Crippen LogP contribution in [0.3, 0.4) is 0 Å². The number of carbonyl (C=O) groups is 2. The smallest absolute Gasteiger partial charge is 0.319 e. The summed E-state index contributed by atoms with van der Waals surface area (Å²) < 4.78 is 0. The minimum atomic E-state index is -0.299. The molecule has 1 aliphatic rings. The van der Waals surface area contributed by atoms with Crippen LogP contribution in [0.25, 0.3) is 0 Å². The van der Waals surface area contributed by atoms with Gasteiger partial charge in [-0.2, -0.15) is 0 Å². The normalized spacial score (nSPS) is 20.8. The van der Waals surface area contributed by atoms with Crippen LogP contribution in [0.5, 0.6) is 0 Å². The Morgan fingerprint density at radius 3 is 2.69 bits per heavy atom. The Bertz CT molecular complexity index is 403. The van der Waals surface area contributed by atoms with E-state index < -0.39 is 0 Å². The maximum Gasteiger partial charge on any atom is 0.324 e. The molecule has 0 radical (unpaired) electrons. The van der Waals surface area contributed by atoms with E-state index in [0.717, 1.165) is 5.56 Å². The molecule has 4 nitrogen and oxygen atoms in total. The lowest BCUT2D eigenvalue weighted by Gasteiger charge is -2.30. The Hall–Kier alpha value is -1.84. The number of carbonyl (C=O) groups excluding carboxylic acids is 2. The number of hydrogen-bond acceptors (Lipinski definition) is 2. The molecule has 1 aromatic rings. The second-order valence-corrected chi connectivity index (χ2v) is 4.06. The molecular formula is C12H14N2O2. The molecule has 1 aromatic carbocycles. The van der Waals surface area contributed by atoms with Crippen LogP contribution >= 0.6 is 0 Å². The molecule has 0 bridgehead atoms. The zero-order valence-corrected chi connectivity index (χ0v) is 9.14. The highest BCUT2D eigenvalue weighted by molar-refractivity contribution is 5.97. The number of nitrogens with zero attached hydrogens (tertiary/aromatic N) is 1. The first-order chi connectivity index (χ1) is 7.66. The molecular weight excluding hydrogens is 204 g/mol. The molecule has 0 aromatic heterocycles. The highest BCUT2D eigenvalue weighted by Crippen LogP contribution is 2.11. The van der Waals surface area contributed by atoms with Crippen molar-refractivity contribution in [3.8, 4) is 0 Å². The van der Waals surface area contributed by atoms with Crippen molar-refractivity contribution in [1.29, 1.82) is 0 Å². The molecule has 1 N–H and O–H groups in total. The van der Waals surface area contributed by atoms with Crippen LogP contribution in [0.4, 0.5) is 4.79 Å². The predicted octanol–water partition coefficient (Wildman–Crippen LogP) is 1.37. The minimum absolute atomic E-state index is 0.138. The molecule has 1 fully saturated rings. The van der Waals surface area contributed by atoms with Gasteiger partial charge in [0.1, 0.15) is 0 Å². The molecule has 1 heterocycles. The van der Waals surface area contributed by atoms with Gasteiger partial charge in [0.25, 0.3) is 0 Å². The number of urea groups is 1. The third-order valence-corrected chi connectivity index (χ3v) is 2.68. The van der Waals surface area contributed by atoms with E-state index in [2.05, 4.69) is 5.32 Å². The van der Waals surface area contributed by atoms with Gasteiger partial charge in [-0.25, -0.2) is 4.79 Å². The number of nitrogens with one attached hydrogen (secondary N) is 1. The van der Waals surface area contributed by atoms with E-state index in [1.165, 1.54) is 0 Å². The van der Waals surface area contributed by atoms with Crippen molar-refractivity contribution < 1.29 is 9.59 Å². The number of rotatable bonds is 2. The lowest BCUT2D eigenvalue weighted by Crippen LogP contribution is -2.53. The summed E-state index contributed by atoms with van der Waals surface area (Å²) in [5.74, 6) is -0.323. The van der Waals surface area contributed by atoms with Crippen molar-refractivity contribution in [3.05, 3.63) is 35.9 Å². The van der Waals surface area contributed by atoms with Gasteiger partial charge in [-0.3, -0.25) is 10.1 Å². The topological polar surface area (TPSA) is 49.4 Å². The second-order valence-electron chi connectivity index (χ2n) is 4.06. The van der Waals surface area contributed by atoms with Gasteiger partial charge in [0.2, 0.25) is 5.91 Å². The Labute approximate surface area is 94.2 Å². The van der Waals surface area contributed by atoms with Crippen molar-refractivity contribution in [2.24, 2.45) is 5.92 Å². The van der Waals surface area contributed by atoms with E-state index in [9.17, 15) is 9.59 Å². The highest BCUT2D eigenvalue weighted by Gasteiger charge is 2.28. The lowest BCUT2D eigenvalue weighted by molar-refractivity contribution is -0.125. The predicted molar refractivity (Wildman–Crippen MR) is 59.6 cm³/mol. The summed E-state index contributed by atoms with van der Waals surface area (Å²) in [6.45, 7) is 2.85. The van der Waals surface area contributed by atoms with Crippen molar-refractivity contribution in [2.75, 3.05) is 6.54 Å². The number of amides is 3. The third kappa shape index (κ3) is 2.21. The van der Waals surface area contributed by atoms with Crippen molar-refractivity contribution in [2.45, 2.75) is 13.5 Å². The zero-order valence-electron chi connectivity index (χ0n) is 9.14. The quantitative estimate of drug-likeness (QED) is 0.815. The average Bonchev–Trinajstić information content (AvgIpc) is 2.27. The highest BCUT2D eigenvalue weighted by atomic mass is 16.2. The van der Waals surface area contributed by atoms with Gasteiger partial charge < -0.3 is 4.90 Å². The Morgan fingerprint density at radius 2 is 2.00 bits per heavy atom. The van der Waals surface area contributed by atoms with Crippen LogP contribution in [0.15, 0.2) is 30.3 Å². The fourth-order valence-electron chi connectivity index (χ4n) is 1.74. The summed E-state index contributed by atoms with van der Waals surface area (Å²) in [5.41, 5.74) is 1.07. The number of benzene rings is 1. The van der Waals surface area contributed by atoms with E-state index in [1.54, 1.807) is 4.90 Å². The second kappa shape index (κ2) is 4.35. The first-order valence-electron chi connectivity index (χ1n) is 5.30. The minimum Gasteiger partial charge on any atom is -0.319 e. The lowest BCUT2D eigenvalue weighted by atomic mass is 10.1. The van der Waals surface area contributed by atoms with Crippen LogP contribution in [0, 0.1) is 5.92 Å². The Balaban J connectivity index is 2.05. The van der Waals surface area contributed by atoms with Gasteiger partial charge in [-0.1, -0.05) is 37.3 Å². The zero-order chi connectivity index (χ0) is 11.5. The summed E-state index contributed by atoms with van der Waals surface area (Å²) in [7, 11) is 0. The van der Waals surface area contributed by atoms with E-state index in [0.29, 0.717) is 13.1 Å². The van der Waals surface area contributed by atoms with Crippen LogP contribution in [0.2, 0.25) is 0 Å². The van der Waals surface area contributed by atoms with Crippen LogP contribution in [-0.2, 0) is 11.3 Å². The summed E-state index contributed by atoms with van der Waals surface area (Å²) in [6, 6.07) is 9.44. The van der Waals surface area contributed by atoms with Gasteiger partial charge in [0, 0.05) is 13.1 Å². The molecule has 4 heteroatoms. The molecule has 1 atom stereocenters. The fraction of sp³-hybridized carbons (Fsp3) is 0.333. The van der Waals surface area contributed by atoms with Gasteiger partial charge in [-0.15, -0.1) is 0 Å². The Kier molecular flexibility index (Phi) is 2.90. The molecule has 0 unspecified atom stereocenters. The number of hydrogen-bond donors (Lipinski definition) is 1. The van der Waals surface area contributed by atoms with Crippen LogP contribution < -0.4 is 5.32 Å². The summed E-state index contributed by atoms with van der Waals surface area (Å²) in [6.07, 6.45) is 0. The average molecular weight is 218 g/mol. The largest absolute Gasteiger partial charge is 0.324 e. The van der Waals surface area contributed by atoms with Crippen molar-refractivity contribution in [1.82, 2.24) is 10.2 Å². The molecule has 2 rings (SSSR count). The van der Waals surface area contributed by atoms with E-state index in [1.807, 2.05) is 37.3 Å². The first-order valence-corrected chi connectivity index (χ1v) is 5.30. The molecule has 0 saturated carbocycles. The first kappa shape index (κ1) is 10.7. The van der Waals surface area contributed by atoms with Crippen molar-refractivity contribution >= 4 is 11.9 Å². The molecule has 1 saturated heterocycles. The fourth-order valence-corrected chi connectivity index (χ4v) is 1.74. The molecule has 16 heavy (non-hydrogen) atoms. The summed E-state index contributed by atoms with van der Waals surface area (Å²) in [4.78, 5) is 24.4. The van der Waals surface area contributed by atoms with E-state index in [4.69, 9.17) is 0 Å². The van der Waals surface area contributed by atoms with Crippen molar-refractivity contribution in [3.63, 3.8) is 0 Å². The SMILES string of the molecule is C[C@@H]1CN(Cc2ccccc2)C(=O)NC1=O. The monoisotopic (exact) mass is 218 g/mol.